The zero-order chi connectivity index (χ0) is 12.0. The smallest absolute Gasteiger partial charge is 0.222 e. The van der Waals surface area contributed by atoms with Crippen LogP contribution in [0, 0.1) is 5.92 Å². The van der Waals surface area contributed by atoms with Gasteiger partial charge in [-0.15, -0.1) is 0 Å². The van der Waals surface area contributed by atoms with Crippen LogP contribution in [0.15, 0.2) is 0 Å². The van der Waals surface area contributed by atoms with Crippen LogP contribution in [0.25, 0.3) is 0 Å². The van der Waals surface area contributed by atoms with E-state index in [-0.39, 0.29) is 0 Å². The molecular formula is C13H26N2O. The van der Waals surface area contributed by atoms with Gasteiger partial charge in [0, 0.05) is 19.0 Å². The maximum Gasteiger partial charge on any atom is 0.222 e. The average molecular weight is 226 g/mol. The molecule has 3 heteroatoms. The Labute approximate surface area is 99.4 Å². The summed E-state index contributed by atoms with van der Waals surface area (Å²) < 4.78 is 0. The van der Waals surface area contributed by atoms with Gasteiger partial charge in [-0.25, -0.2) is 0 Å². The van der Waals surface area contributed by atoms with E-state index < -0.39 is 0 Å². The second kappa shape index (κ2) is 6.89. The summed E-state index contributed by atoms with van der Waals surface area (Å²) in [6.07, 6.45) is 6.38. The number of carbonyl (C=O) groups excluding carboxylic acids is 1. The SMILES string of the molecule is CCCCCC(=O)N1CC(CN)CCC1C. The third kappa shape index (κ3) is 3.78. The van der Waals surface area contributed by atoms with Crippen molar-refractivity contribution >= 4 is 5.91 Å². The summed E-state index contributed by atoms with van der Waals surface area (Å²) in [5, 5.41) is 0. The Morgan fingerprint density at radius 2 is 2.12 bits per heavy atom. The van der Waals surface area contributed by atoms with Gasteiger partial charge in [0.2, 0.25) is 5.91 Å². The van der Waals surface area contributed by atoms with E-state index in [1.54, 1.807) is 0 Å². The number of piperidine rings is 1. The van der Waals surface area contributed by atoms with Crippen molar-refractivity contribution in [2.24, 2.45) is 11.7 Å². The third-order valence-electron chi connectivity index (χ3n) is 3.63. The maximum atomic E-state index is 12.0. The van der Waals surface area contributed by atoms with Gasteiger partial charge in [0.15, 0.2) is 0 Å². The molecule has 3 nitrogen and oxygen atoms in total. The van der Waals surface area contributed by atoms with Crippen molar-refractivity contribution in [1.82, 2.24) is 4.90 Å². The number of unbranched alkanes of at least 4 members (excludes halogenated alkanes) is 2. The van der Waals surface area contributed by atoms with Gasteiger partial charge in [0.05, 0.1) is 0 Å². The number of rotatable bonds is 5. The molecule has 0 bridgehead atoms. The van der Waals surface area contributed by atoms with E-state index in [9.17, 15) is 4.79 Å². The van der Waals surface area contributed by atoms with Crippen molar-refractivity contribution in [2.45, 2.75) is 58.4 Å². The van der Waals surface area contributed by atoms with Crippen molar-refractivity contribution in [3.63, 3.8) is 0 Å². The van der Waals surface area contributed by atoms with Gasteiger partial charge in [-0.2, -0.15) is 0 Å². The van der Waals surface area contributed by atoms with E-state index in [4.69, 9.17) is 5.73 Å². The summed E-state index contributed by atoms with van der Waals surface area (Å²) in [6, 6.07) is 0.414. The number of hydrogen-bond acceptors (Lipinski definition) is 2. The van der Waals surface area contributed by atoms with Gasteiger partial charge >= 0.3 is 0 Å². The van der Waals surface area contributed by atoms with Crippen LogP contribution in [-0.4, -0.2) is 29.9 Å². The molecule has 0 saturated carbocycles. The molecule has 2 N–H and O–H groups in total. The molecule has 1 saturated heterocycles. The Morgan fingerprint density at radius 3 is 2.75 bits per heavy atom. The zero-order valence-corrected chi connectivity index (χ0v) is 10.7. The van der Waals surface area contributed by atoms with Crippen LogP contribution in [0.1, 0.15) is 52.4 Å². The third-order valence-corrected chi connectivity index (χ3v) is 3.63. The molecule has 16 heavy (non-hydrogen) atoms. The molecule has 2 unspecified atom stereocenters. The summed E-state index contributed by atoms with van der Waals surface area (Å²) in [5.74, 6) is 0.852. The highest BCUT2D eigenvalue weighted by Gasteiger charge is 2.27. The number of nitrogens with two attached hydrogens (primary N) is 1. The first-order chi connectivity index (χ1) is 7.69. The largest absolute Gasteiger partial charge is 0.340 e. The van der Waals surface area contributed by atoms with E-state index in [0.717, 1.165) is 32.2 Å². The van der Waals surface area contributed by atoms with Crippen LogP contribution in [0.4, 0.5) is 0 Å². The van der Waals surface area contributed by atoms with Gasteiger partial charge in [0.1, 0.15) is 0 Å². The van der Waals surface area contributed by atoms with E-state index in [0.29, 0.717) is 24.4 Å². The topological polar surface area (TPSA) is 46.3 Å². The first-order valence-corrected chi connectivity index (χ1v) is 6.68. The number of amides is 1. The summed E-state index contributed by atoms with van der Waals surface area (Å²) >= 11 is 0. The molecule has 1 aliphatic heterocycles. The van der Waals surface area contributed by atoms with Crippen molar-refractivity contribution in [3.05, 3.63) is 0 Å². The minimum Gasteiger partial charge on any atom is -0.340 e. The number of likely N-dealkylation sites (tertiary alicyclic amines) is 1. The lowest BCUT2D eigenvalue weighted by atomic mass is 9.93. The zero-order valence-electron chi connectivity index (χ0n) is 10.7. The van der Waals surface area contributed by atoms with Crippen molar-refractivity contribution < 1.29 is 4.79 Å². The molecule has 0 radical (unpaired) electrons. The molecule has 0 aliphatic carbocycles. The normalized spacial score (nSPS) is 25.8. The average Bonchev–Trinajstić information content (AvgIpc) is 2.30. The summed E-state index contributed by atoms with van der Waals surface area (Å²) in [6.45, 7) is 5.91. The van der Waals surface area contributed by atoms with Crippen LogP contribution in [0.2, 0.25) is 0 Å². The molecule has 1 fully saturated rings. The van der Waals surface area contributed by atoms with Gasteiger partial charge in [-0.05, 0) is 38.6 Å². The molecule has 0 aromatic heterocycles. The first-order valence-electron chi connectivity index (χ1n) is 6.68. The summed E-state index contributed by atoms with van der Waals surface area (Å²) in [4.78, 5) is 14.1. The predicted octanol–water partition coefficient (Wildman–Crippen LogP) is 2.15. The predicted molar refractivity (Wildman–Crippen MR) is 67.1 cm³/mol. The fourth-order valence-corrected chi connectivity index (χ4v) is 2.39. The number of carbonyl (C=O) groups is 1. The van der Waals surface area contributed by atoms with Crippen LogP contribution in [0.5, 0.6) is 0 Å². The van der Waals surface area contributed by atoms with Gasteiger partial charge in [-0.1, -0.05) is 19.8 Å². The fourth-order valence-electron chi connectivity index (χ4n) is 2.39. The Kier molecular flexibility index (Phi) is 5.81. The first kappa shape index (κ1) is 13.5. The second-order valence-electron chi connectivity index (χ2n) is 5.03. The molecule has 1 aliphatic rings. The summed E-state index contributed by atoms with van der Waals surface area (Å²) in [5.41, 5.74) is 5.69. The maximum absolute atomic E-state index is 12.0. The lowest BCUT2D eigenvalue weighted by Gasteiger charge is -2.37. The van der Waals surface area contributed by atoms with Crippen molar-refractivity contribution in [3.8, 4) is 0 Å². The molecule has 2 atom stereocenters. The molecular weight excluding hydrogens is 200 g/mol. The quantitative estimate of drug-likeness (QED) is 0.730. The van der Waals surface area contributed by atoms with Gasteiger partial charge in [0.25, 0.3) is 0 Å². The molecule has 0 aromatic rings. The number of hydrogen-bond donors (Lipinski definition) is 1. The summed E-state index contributed by atoms with van der Waals surface area (Å²) in [7, 11) is 0. The van der Waals surface area contributed by atoms with Crippen molar-refractivity contribution in [1.29, 1.82) is 0 Å². The Morgan fingerprint density at radius 1 is 1.38 bits per heavy atom. The number of nitrogens with zero attached hydrogens (tertiary/aromatic N) is 1. The van der Waals surface area contributed by atoms with E-state index in [2.05, 4.69) is 18.7 Å². The molecule has 94 valence electrons. The van der Waals surface area contributed by atoms with E-state index in [1.807, 2.05) is 0 Å². The van der Waals surface area contributed by atoms with E-state index in [1.165, 1.54) is 12.8 Å². The van der Waals surface area contributed by atoms with Crippen LogP contribution >= 0.6 is 0 Å². The Bertz CT molecular complexity index is 218. The minimum atomic E-state index is 0.333. The lowest BCUT2D eigenvalue weighted by Crippen LogP contribution is -2.47. The fraction of sp³-hybridized carbons (Fsp3) is 0.923. The molecule has 1 heterocycles. The second-order valence-corrected chi connectivity index (χ2v) is 5.03. The molecule has 0 aromatic carbocycles. The Balaban J connectivity index is 2.39. The van der Waals surface area contributed by atoms with E-state index >= 15 is 0 Å². The standard InChI is InChI=1S/C13H26N2O/c1-3-4-5-6-13(16)15-10-12(9-14)8-7-11(15)2/h11-12H,3-10,14H2,1-2H3. The van der Waals surface area contributed by atoms with Crippen molar-refractivity contribution in [2.75, 3.05) is 13.1 Å². The highest BCUT2D eigenvalue weighted by molar-refractivity contribution is 5.76. The Hall–Kier alpha value is -0.570. The van der Waals surface area contributed by atoms with Crippen LogP contribution in [0.3, 0.4) is 0 Å². The molecule has 1 rings (SSSR count). The van der Waals surface area contributed by atoms with Crippen LogP contribution in [-0.2, 0) is 4.79 Å². The highest BCUT2D eigenvalue weighted by Crippen LogP contribution is 2.22. The van der Waals surface area contributed by atoms with Gasteiger partial charge in [-0.3, -0.25) is 4.79 Å². The van der Waals surface area contributed by atoms with Gasteiger partial charge < -0.3 is 10.6 Å². The minimum absolute atomic E-state index is 0.333. The lowest BCUT2D eigenvalue weighted by molar-refractivity contribution is -0.135. The highest BCUT2D eigenvalue weighted by atomic mass is 16.2. The van der Waals surface area contributed by atoms with Crippen LogP contribution < -0.4 is 5.73 Å². The molecule has 0 spiro atoms. The molecule has 1 amide bonds. The monoisotopic (exact) mass is 226 g/mol.